The molecule has 0 aliphatic heterocycles. The number of aliphatic hydroxyl groups excluding tert-OH is 8. The number of aliphatic hydroxyl groups is 8. The Labute approximate surface area is 439 Å². The number of hydrogen-bond acceptors (Lipinski definition) is 8. The zero-order chi connectivity index (χ0) is 52.1. The van der Waals surface area contributed by atoms with E-state index < -0.39 is 21.7 Å². The Kier molecular flexibility index (Phi) is 11.0. The molecule has 16 bridgehead atoms. The molecule has 0 radical (unpaired) electrons. The zero-order valence-corrected chi connectivity index (χ0v) is 41.1. The standard InChI is InChI=1S/C68H48O8/c69-33-65(34-70)57-17-9-41-1-2-42-10-18-58-50(26-42)52-28-44(12-20-60(52)66(58,35-71)36-72)5-6-46-14-22-62-54(30-46)56-32-48(16-24-64(56)68(62,39-75)40-76)8-7-47-15-23-63-55(31-47)53-29-45(13-21-61(53)67(63,37-73)38-74)4-3-43-11-19-59(65)51(27-43)49(57)25-41/h9-32,69-76H,33-40H2. The molecule has 8 aromatic carbocycles. The van der Waals surface area contributed by atoms with Gasteiger partial charge in [-0.05, 0) is 186 Å². The van der Waals surface area contributed by atoms with Gasteiger partial charge in [0, 0.05) is 44.5 Å². The lowest BCUT2D eigenvalue weighted by Crippen LogP contribution is -2.34. The van der Waals surface area contributed by atoms with Crippen LogP contribution in [0.25, 0.3) is 44.5 Å². The van der Waals surface area contributed by atoms with E-state index in [1.165, 1.54) is 0 Å². The smallest absolute Gasteiger partial charge is 0.0676 e. The quantitative estimate of drug-likeness (QED) is 0.0791. The van der Waals surface area contributed by atoms with Crippen LogP contribution < -0.4 is 0 Å². The second-order valence-corrected chi connectivity index (χ2v) is 20.7. The second kappa shape index (κ2) is 17.6. The summed E-state index contributed by atoms with van der Waals surface area (Å²) in [6.45, 7) is -2.45. The summed E-state index contributed by atoms with van der Waals surface area (Å²) in [5.74, 6) is 26.9. The molecule has 76 heavy (non-hydrogen) atoms. The van der Waals surface area contributed by atoms with Crippen molar-refractivity contribution >= 4 is 0 Å². The van der Waals surface area contributed by atoms with E-state index in [0.29, 0.717) is 0 Å². The summed E-state index contributed by atoms with van der Waals surface area (Å²) in [6.07, 6.45) is 0. The maximum absolute atomic E-state index is 10.9. The van der Waals surface area contributed by atoms with E-state index in [1.54, 1.807) is 0 Å². The Morgan fingerprint density at radius 2 is 0.316 bits per heavy atom. The number of rotatable bonds is 8. The first-order valence-electron chi connectivity index (χ1n) is 25.3. The highest BCUT2D eigenvalue weighted by Gasteiger charge is 2.46. The largest absolute Gasteiger partial charge is 0.395 e. The van der Waals surface area contributed by atoms with Crippen LogP contribution in [0.2, 0.25) is 0 Å². The second-order valence-electron chi connectivity index (χ2n) is 20.7. The van der Waals surface area contributed by atoms with Crippen molar-refractivity contribution < 1.29 is 40.9 Å². The molecule has 0 unspecified atom stereocenters. The van der Waals surface area contributed by atoms with Crippen LogP contribution in [-0.4, -0.2) is 93.7 Å². The molecule has 8 nitrogen and oxygen atoms in total. The van der Waals surface area contributed by atoms with Crippen molar-refractivity contribution in [1.29, 1.82) is 0 Å². The van der Waals surface area contributed by atoms with E-state index in [4.69, 9.17) is 0 Å². The summed E-state index contributed by atoms with van der Waals surface area (Å²) in [5.41, 5.74) is 14.7. The molecule has 0 aromatic heterocycles. The van der Waals surface area contributed by atoms with Gasteiger partial charge in [-0.2, -0.15) is 0 Å². The number of fused-ring (bicyclic) bond motifs is 8. The van der Waals surface area contributed by atoms with Crippen molar-refractivity contribution in [3.05, 3.63) is 235 Å². The van der Waals surface area contributed by atoms with Crippen LogP contribution in [0.3, 0.4) is 0 Å². The van der Waals surface area contributed by atoms with Crippen LogP contribution in [0.15, 0.2) is 146 Å². The summed E-state index contributed by atoms with van der Waals surface area (Å²) < 4.78 is 0. The minimum Gasteiger partial charge on any atom is -0.395 e. The summed E-state index contributed by atoms with van der Waals surface area (Å²) >= 11 is 0. The van der Waals surface area contributed by atoms with Crippen molar-refractivity contribution in [1.82, 2.24) is 0 Å². The average Bonchev–Trinajstić information content (AvgIpc) is 4.12. The lowest BCUT2D eigenvalue weighted by atomic mass is 9.79. The highest BCUT2D eigenvalue weighted by molar-refractivity contribution is 5.87. The maximum Gasteiger partial charge on any atom is 0.0676 e. The Hall–Kier alpha value is -8.32. The normalized spacial score (nSPS) is 15.7. The van der Waals surface area contributed by atoms with Gasteiger partial charge in [0.15, 0.2) is 0 Å². The average molecular weight is 993 g/mol. The lowest BCUT2D eigenvalue weighted by Gasteiger charge is -2.27. The van der Waals surface area contributed by atoms with Crippen molar-refractivity contribution in [2.45, 2.75) is 21.7 Å². The van der Waals surface area contributed by atoms with Gasteiger partial charge < -0.3 is 40.9 Å². The number of benzene rings is 8. The van der Waals surface area contributed by atoms with Gasteiger partial charge in [0.05, 0.1) is 74.5 Å². The van der Waals surface area contributed by atoms with Crippen molar-refractivity contribution in [3.63, 3.8) is 0 Å². The Morgan fingerprint density at radius 3 is 0.421 bits per heavy atom. The highest BCUT2D eigenvalue weighted by atomic mass is 16.3. The zero-order valence-electron chi connectivity index (χ0n) is 41.1. The highest BCUT2D eigenvalue weighted by Crippen LogP contribution is 2.53. The third-order valence-electron chi connectivity index (χ3n) is 17.0. The van der Waals surface area contributed by atoms with E-state index in [0.717, 1.165) is 134 Å². The maximum atomic E-state index is 10.9. The molecule has 368 valence electrons. The minimum atomic E-state index is -1.03. The van der Waals surface area contributed by atoms with Gasteiger partial charge in [-0.1, -0.05) is 95.9 Å². The molecule has 0 saturated heterocycles. The molecule has 0 atom stereocenters. The van der Waals surface area contributed by atoms with Crippen LogP contribution >= 0.6 is 0 Å². The number of hydrogen-bond donors (Lipinski definition) is 8. The molecular weight excluding hydrogens is 945 g/mol. The molecule has 8 N–H and O–H groups in total. The molecule has 13 rings (SSSR count). The third kappa shape index (κ3) is 6.62. The van der Waals surface area contributed by atoms with Crippen LogP contribution in [0.4, 0.5) is 0 Å². The molecule has 0 heterocycles. The Balaban J connectivity index is 0.994. The van der Waals surface area contributed by atoms with E-state index >= 15 is 0 Å². The Morgan fingerprint density at radius 1 is 0.197 bits per heavy atom. The van der Waals surface area contributed by atoms with Crippen molar-refractivity contribution in [3.8, 4) is 91.9 Å². The van der Waals surface area contributed by atoms with Gasteiger partial charge in [0.25, 0.3) is 0 Å². The molecular formula is C68H48O8. The summed E-state index contributed by atoms with van der Waals surface area (Å²) in [7, 11) is 0. The third-order valence-corrected chi connectivity index (χ3v) is 17.0. The van der Waals surface area contributed by atoms with Gasteiger partial charge in [-0.3, -0.25) is 0 Å². The monoisotopic (exact) mass is 992 g/mol. The van der Waals surface area contributed by atoms with E-state index in [9.17, 15) is 40.9 Å². The van der Waals surface area contributed by atoms with E-state index in [1.807, 2.05) is 146 Å². The van der Waals surface area contributed by atoms with Gasteiger partial charge >= 0.3 is 0 Å². The molecule has 5 aliphatic carbocycles. The topological polar surface area (TPSA) is 162 Å². The van der Waals surface area contributed by atoms with Crippen molar-refractivity contribution in [2.24, 2.45) is 0 Å². The van der Waals surface area contributed by atoms with E-state index in [2.05, 4.69) is 47.4 Å². The first-order valence-corrected chi connectivity index (χ1v) is 25.3. The molecule has 8 heteroatoms. The first kappa shape index (κ1) is 47.4. The van der Waals surface area contributed by atoms with Crippen molar-refractivity contribution in [2.75, 3.05) is 52.9 Å². The van der Waals surface area contributed by atoms with Crippen LogP contribution in [-0.2, 0) is 21.7 Å². The molecule has 0 saturated carbocycles. The molecule has 0 amide bonds. The molecule has 0 fully saturated rings. The fraction of sp³-hybridized carbons (Fsp3) is 0.176. The van der Waals surface area contributed by atoms with E-state index in [-0.39, 0.29) is 52.9 Å². The van der Waals surface area contributed by atoms with Crippen LogP contribution in [0.1, 0.15) is 89.0 Å². The lowest BCUT2D eigenvalue weighted by molar-refractivity contribution is 0.146. The first-order chi connectivity index (χ1) is 37.1. The predicted molar refractivity (Wildman–Crippen MR) is 291 cm³/mol. The summed E-state index contributed by atoms with van der Waals surface area (Å²) in [5, 5.41) is 87.4. The summed E-state index contributed by atoms with van der Waals surface area (Å²) in [4.78, 5) is 0. The fourth-order valence-electron chi connectivity index (χ4n) is 12.8. The van der Waals surface area contributed by atoms with Gasteiger partial charge in [0.1, 0.15) is 0 Å². The van der Waals surface area contributed by atoms with Crippen LogP contribution in [0, 0.1) is 47.4 Å². The summed E-state index contributed by atoms with van der Waals surface area (Å²) in [6, 6.07) is 46.5. The molecule has 5 aliphatic rings. The molecule has 0 spiro atoms. The van der Waals surface area contributed by atoms with Crippen LogP contribution in [0.5, 0.6) is 0 Å². The minimum absolute atomic E-state index is 0.306. The molecule has 8 aromatic rings. The Bertz CT molecular complexity index is 3330. The SMILES string of the molecule is OCC1(CO)c2ccc3cc2-c2cc(ccc21)C#Cc1ccc2c(c1)-c1cc(ccc1C2(CO)CO)C#Cc1ccc2c(c1)-c1cc(ccc1C2(CO)CO)C#Cc1ccc2c(c1)-c1cc(ccc1C2(CO)CO)C#C3. The van der Waals surface area contributed by atoms with Gasteiger partial charge in [-0.15, -0.1) is 0 Å². The predicted octanol–water partition coefficient (Wildman–Crippen LogP) is 6.60. The van der Waals surface area contributed by atoms with Gasteiger partial charge in [-0.25, -0.2) is 0 Å². The van der Waals surface area contributed by atoms with Gasteiger partial charge in [0.2, 0.25) is 0 Å². The fourth-order valence-corrected chi connectivity index (χ4v) is 12.8.